The summed E-state index contributed by atoms with van der Waals surface area (Å²) < 4.78 is 12.4. The molecule has 0 fully saturated rings. The van der Waals surface area contributed by atoms with Gasteiger partial charge in [0.05, 0.1) is 6.54 Å². The third-order valence-corrected chi connectivity index (χ3v) is 4.19. The van der Waals surface area contributed by atoms with Gasteiger partial charge in [-0.2, -0.15) is 4.98 Å². The van der Waals surface area contributed by atoms with Crippen LogP contribution in [0.4, 0.5) is 5.95 Å². The molecule has 2 N–H and O–H groups in total. The van der Waals surface area contributed by atoms with Crippen LogP contribution in [-0.2, 0) is 11.2 Å². The fourth-order valence-corrected chi connectivity index (χ4v) is 2.82. The van der Waals surface area contributed by atoms with E-state index in [1.807, 2.05) is 31.2 Å². The van der Waals surface area contributed by atoms with E-state index in [1.165, 1.54) is 0 Å². The monoisotopic (exact) mass is 380 g/mol. The van der Waals surface area contributed by atoms with Crippen molar-refractivity contribution in [2.75, 3.05) is 25.2 Å². The SMILES string of the molecule is Cc1cc(-n2ccnc2)nc(NCC(=O)NCCc2ccc3c(c2)OCO3)n1. The van der Waals surface area contributed by atoms with Crippen molar-refractivity contribution in [2.24, 2.45) is 0 Å². The molecule has 3 aromatic rings. The van der Waals surface area contributed by atoms with Crippen LogP contribution in [0.1, 0.15) is 11.3 Å². The van der Waals surface area contributed by atoms with Gasteiger partial charge < -0.3 is 20.1 Å². The Morgan fingerprint density at radius 1 is 1.21 bits per heavy atom. The maximum absolute atomic E-state index is 12.1. The molecule has 2 aromatic heterocycles. The first kappa shape index (κ1) is 17.8. The van der Waals surface area contributed by atoms with E-state index in [9.17, 15) is 4.79 Å². The molecular formula is C19H20N6O3. The smallest absolute Gasteiger partial charge is 0.239 e. The Bertz CT molecular complexity index is 974. The number of benzene rings is 1. The zero-order valence-corrected chi connectivity index (χ0v) is 15.4. The molecule has 1 aliphatic rings. The summed E-state index contributed by atoms with van der Waals surface area (Å²) in [5.41, 5.74) is 1.87. The Hall–Kier alpha value is -3.62. The molecule has 0 unspecified atom stereocenters. The number of ether oxygens (including phenoxy) is 2. The first-order valence-electron chi connectivity index (χ1n) is 8.90. The average Bonchev–Trinajstić information content (AvgIpc) is 3.37. The zero-order valence-electron chi connectivity index (χ0n) is 15.4. The maximum atomic E-state index is 12.1. The number of fused-ring (bicyclic) bond motifs is 1. The van der Waals surface area contributed by atoms with E-state index in [0.717, 1.165) is 22.8 Å². The van der Waals surface area contributed by atoms with Gasteiger partial charge in [-0.3, -0.25) is 9.36 Å². The molecule has 1 aromatic carbocycles. The number of aryl methyl sites for hydroxylation is 1. The second-order valence-corrected chi connectivity index (χ2v) is 6.30. The molecule has 1 aliphatic heterocycles. The van der Waals surface area contributed by atoms with Crippen LogP contribution in [0.25, 0.3) is 5.82 Å². The highest BCUT2D eigenvalue weighted by atomic mass is 16.7. The van der Waals surface area contributed by atoms with Crippen molar-refractivity contribution in [3.63, 3.8) is 0 Å². The molecule has 28 heavy (non-hydrogen) atoms. The molecular weight excluding hydrogens is 360 g/mol. The van der Waals surface area contributed by atoms with Crippen LogP contribution in [0, 0.1) is 6.92 Å². The highest BCUT2D eigenvalue weighted by Crippen LogP contribution is 2.32. The van der Waals surface area contributed by atoms with E-state index in [1.54, 1.807) is 23.3 Å². The topological polar surface area (TPSA) is 103 Å². The van der Waals surface area contributed by atoms with Gasteiger partial charge in [0.15, 0.2) is 11.5 Å². The molecule has 0 saturated heterocycles. The first-order valence-corrected chi connectivity index (χ1v) is 8.90. The summed E-state index contributed by atoms with van der Waals surface area (Å²) in [7, 11) is 0. The summed E-state index contributed by atoms with van der Waals surface area (Å²) in [5, 5.41) is 5.85. The van der Waals surface area contributed by atoms with Crippen LogP contribution in [0.15, 0.2) is 43.0 Å². The molecule has 0 radical (unpaired) electrons. The van der Waals surface area contributed by atoms with E-state index in [0.29, 0.717) is 24.7 Å². The number of carbonyl (C=O) groups is 1. The molecule has 9 nitrogen and oxygen atoms in total. The highest BCUT2D eigenvalue weighted by Gasteiger charge is 2.13. The Balaban J connectivity index is 1.27. The standard InChI is InChI=1S/C19H20N6O3/c1-13-8-17(25-7-6-20-11-25)24-19(23-13)22-10-18(26)21-5-4-14-2-3-15-16(9-14)28-12-27-15/h2-3,6-9,11H,4-5,10,12H2,1H3,(H,21,26)(H,22,23,24). The quantitative estimate of drug-likeness (QED) is 0.640. The minimum absolute atomic E-state index is 0.0912. The van der Waals surface area contributed by atoms with Crippen LogP contribution in [0.5, 0.6) is 11.5 Å². The Labute approximate surface area is 161 Å². The Morgan fingerprint density at radius 3 is 2.96 bits per heavy atom. The molecule has 0 atom stereocenters. The maximum Gasteiger partial charge on any atom is 0.239 e. The molecule has 0 saturated carbocycles. The van der Waals surface area contributed by atoms with E-state index in [2.05, 4.69) is 25.6 Å². The van der Waals surface area contributed by atoms with Gasteiger partial charge in [-0.15, -0.1) is 0 Å². The third kappa shape index (κ3) is 4.20. The van der Waals surface area contributed by atoms with Gasteiger partial charge in [0.25, 0.3) is 0 Å². The number of rotatable bonds is 7. The van der Waals surface area contributed by atoms with E-state index >= 15 is 0 Å². The molecule has 3 heterocycles. The number of carbonyl (C=O) groups excluding carboxylic acids is 1. The number of amides is 1. The summed E-state index contributed by atoms with van der Waals surface area (Å²) in [6.07, 6.45) is 5.84. The Morgan fingerprint density at radius 2 is 2.11 bits per heavy atom. The van der Waals surface area contributed by atoms with Crippen molar-refractivity contribution in [3.05, 3.63) is 54.2 Å². The van der Waals surface area contributed by atoms with Crippen LogP contribution in [0.3, 0.4) is 0 Å². The molecule has 0 aliphatic carbocycles. The average molecular weight is 380 g/mol. The lowest BCUT2D eigenvalue weighted by Gasteiger charge is -2.09. The van der Waals surface area contributed by atoms with Gasteiger partial charge in [0, 0.05) is 30.7 Å². The lowest BCUT2D eigenvalue weighted by Crippen LogP contribution is -2.31. The van der Waals surface area contributed by atoms with Crippen LogP contribution in [-0.4, -0.2) is 45.3 Å². The largest absolute Gasteiger partial charge is 0.454 e. The third-order valence-electron chi connectivity index (χ3n) is 4.19. The summed E-state index contributed by atoms with van der Waals surface area (Å²) in [6, 6.07) is 7.63. The predicted molar refractivity (Wildman–Crippen MR) is 102 cm³/mol. The van der Waals surface area contributed by atoms with Gasteiger partial charge in [-0.1, -0.05) is 6.07 Å². The Kier molecular flexibility index (Phi) is 5.05. The van der Waals surface area contributed by atoms with Crippen LogP contribution >= 0.6 is 0 Å². The number of imidazole rings is 1. The fourth-order valence-electron chi connectivity index (χ4n) is 2.82. The van der Waals surface area contributed by atoms with Crippen LogP contribution < -0.4 is 20.1 Å². The summed E-state index contributed by atoms with van der Waals surface area (Å²) in [4.78, 5) is 24.8. The van der Waals surface area contributed by atoms with Crippen molar-refractivity contribution in [3.8, 4) is 17.3 Å². The van der Waals surface area contributed by atoms with Crippen molar-refractivity contribution in [2.45, 2.75) is 13.3 Å². The highest BCUT2D eigenvalue weighted by molar-refractivity contribution is 5.80. The number of hydrogen-bond donors (Lipinski definition) is 2. The molecule has 1 amide bonds. The lowest BCUT2D eigenvalue weighted by atomic mass is 10.1. The second kappa shape index (κ2) is 7.95. The summed E-state index contributed by atoms with van der Waals surface area (Å²) in [5.74, 6) is 2.46. The van der Waals surface area contributed by atoms with Gasteiger partial charge in [-0.25, -0.2) is 9.97 Å². The van der Waals surface area contributed by atoms with E-state index in [-0.39, 0.29) is 19.2 Å². The number of nitrogens with one attached hydrogen (secondary N) is 2. The van der Waals surface area contributed by atoms with Crippen molar-refractivity contribution in [1.29, 1.82) is 0 Å². The van der Waals surface area contributed by atoms with Crippen molar-refractivity contribution < 1.29 is 14.3 Å². The van der Waals surface area contributed by atoms with Crippen LogP contribution in [0.2, 0.25) is 0 Å². The number of anilines is 1. The number of nitrogens with zero attached hydrogens (tertiary/aromatic N) is 4. The molecule has 4 rings (SSSR count). The van der Waals surface area contributed by atoms with Gasteiger partial charge in [0.1, 0.15) is 12.1 Å². The minimum Gasteiger partial charge on any atom is -0.454 e. The molecule has 144 valence electrons. The fraction of sp³-hybridized carbons (Fsp3) is 0.263. The van der Waals surface area contributed by atoms with E-state index in [4.69, 9.17) is 9.47 Å². The summed E-state index contributed by atoms with van der Waals surface area (Å²) in [6.45, 7) is 2.74. The van der Waals surface area contributed by atoms with Crippen molar-refractivity contribution in [1.82, 2.24) is 24.8 Å². The van der Waals surface area contributed by atoms with E-state index < -0.39 is 0 Å². The zero-order chi connectivity index (χ0) is 19.3. The van der Waals surface area contributed by atoms with Crippen molar-refractivity contribution >= 4 is 11.9 Å². The molecule has 0 bridgehead atoms. The number of hydrogen-bond acceptors (Lipinski definition) is 7. The molecule has 9 heteroatoms. The number of aromatic nitrogens is 4. The lowest BCUT2D eigenvalue weighted by molar-refractivity contribution is -0.119. The predicted octanol–water partition coefficient (Wildman–Crippen LogP) is 1.47. The molecule has 0 spiro atoms. The summed E-state index contributed by atoms with van der Waals surface area (Å²) >= 11 is 0. The minimum atomic E-state index is -0.130. The van der Waals surface area contributed by atoms with Gasteiger partial charge in [-0.05, 0) is 31.0 Å². The second-order valence-electron chi connectivity index (χ2n) is 6.30. The first-order chi connectivity index (χ1) is 13.7. The van der Waals surface area contributed by atoms with Gasteiger partial charge >= 0.3 is 0 Å². The van der Waals surface area contributed by atoms with Gasteiger partial charge in [0.2, 0.25) is 18.6 Å². The normalized spacial score (nSPS) is 12.0.